The van der Waals surface area contributed by atoms with Gasteiger partial charge in [-0.25, -0.2) is 0 Å². The second-order valence-corrected chi connectivity index (χ2v) is 6.98. The smallest absolute Gasteiger partial charge is 0.303 e. The third-order valence-corrected chi connectivity index (χ3v) is 1.70. The van der Waals surface area contributed by atoms with Gasteiger partial charge in [0.15, 0.2) is 18.2 Å². The molecule has 4 unspecified atom stereocenters. The first kappa shape index (κ1) is 28.5. The number of hydrogen-bond donors (Lipinski definition) is 8. The minimum Gasteiger partial charge on any atom is -0.456 e. The van der Waals surface area contributed by atoms with Gasteiger partial charge in [0.05, 0.1) is 10.1 Å². The predicted octanol–water partition coefficient (Wildman–Crippen LogP) is -1.97. The molecule has 4 atom stereocenters. The number of aliphatic hydroxyl groups excluding tert-OH is 4. The molecular weight excluding hydrogens is 384 g/mol. The SMILES string of the molecule is CC(=O)OC(C(O)C=O)C(O)C(O)CO.CC(C)(O)O.S=C(S)S. The number of carbonyl (C=O) groups excluding carboxylic acids is 2. The lowest BCUT2D eigenvalue weighted by Crippen LogP contribution is -2.48. The highest BCUT2D eigenvalue weighted by atomic mass is 32.2. The summed E-state index contributed by atoms with van der Waals surface area (Å²) in [7, 11) is 0. The lowest BCUT2D eigenvalue weighted by Gasteiger charge is -2.26. The van der Waals surface area contributed by atoms with Gasteiger partial charge in [0.1, 0.15) is 18.3 Å². The standard InChI is InChI=1S/C8H14O7.C3H8O2.CH2S3/c1-4(11)15-8(6(13)3-10)7(14)5(12)2-9;1-3(2,4)5;2-1(3)4/h3,5-9,12-14H,2H2,1H3;4-5H,1-2H3;(H2,2,3,4). The van der Waals surface area contributed by atoms with Gasteiger partial charge < -0.3 is 40.2 Å². The number of aldehydes is 1. The summed E-state index contributed by atoms with van der Waals surface area (Å²) >= 11 is 11.4. The van der Waals surface area contributed by atoms with Crippen molar-refractivity contribution in [2.75, 3.05) is 6.61 Å². The van der Waals surface area contributed by atoms with E-state index in [1.807, 2.05) is 0 Å². The normalized spacial score (nSPS) is 15.3. The number of rotatable bonds is 6. The molecule has 0 rings (SSSR count). The predicted molar refractivity (Wildman–Crippen MR) is 95.8 cm³/mol. The molecule has 0 amide bonds. The lowest BCUT2D eigenvalue weighted by atomic mass is 10.0. The fraction of sp³-hybridized carbons (Fsp3) is 0.750. The summed E-state index contributed by atoms with van der Waals surface area (Å²) in [6.07, 6.45) is -6.64. The molecule has 0 saturated heterocycles. The van der Waals surface area contributed by atoms with Crippen LogP contribution in [-0.2, 0) is 14.3 Å². The highest BCUT2D eigenvalue weighted by Gasteiger charge is 2.34. The monoisotopic (exact) mass is 408 g/mol. The topological polar surface area (TPSA) is 165 Å². The molecule has 0 heterocycles. The van der Waals surface area contributed by atoms with Crippen LogP contribution < -0.4 is 0 Å². The molecule has 0 aromatic carbocycles. The van der Waals surface area contributed by atoms with Gasteiger partial charge in [-0.3, -0.25) is 4.79 Å². The van der Waals surface area contributed by atoms with E-state index in [2.05, 4.69) is 42.2 Å². The molecule has 0 saturated carbocycles. The van der Waals surface area contributed by atoms with E-state index < -0.39 is 42.8 Å². The zero-order valence-electron chi connectivity index (χ0n) is 13.3. The second kappa shape index (κ2) is 15.0. The first-order valence-electron chi connectivity index (χ1n) is 6.31. The molecule has 0 aliphatic rings. The first-order chi connectivity index (χ1) is 10.7. The van der Waals surface area contributed by atoms with E-state index in [4.69, 9.17) is 25.5 Å². The summed E-state index contributed by atoms with van der Waals surface area (Å²) in [6.45, 7) is 2.83. The Morgan fingerprint density at radius 1 is 1.25 bits per heavy atom. The van der Waals surface area contributed by atoms with Crippen molar-refractivity contribution in [2.45, 2.75) is 51.0 Å². The molecule has 0 aromatic heterocycles. The molecule has 24 heavy (non-hydrogen) atoms. The van der Waals surface area contributed by atoms with Crippen LogP contribution in [0.25, 0.3) is 0 Å². The van der Waals surface area contributed by atoms with E-state index in [0.29, 0.717) is 3.53 Å². The fourth-order valence-electron chi connectivity index (χ4n) is 0.937. The van der Waals surface area contributed by atoms with Crippen LogP contribution in [0.5, 0.6) is 0 Å². The van der Waals surface area contributed by atoms with Crippen LogP contribution in [0, 0.1) is 0 Å². The van der Waals surface area contributed by atoms with E-state index in [1.165, 1.54) is 13.8 Å². The zero-order chi connectivity index (χ0) is 20.1. The van der Waals surface area contributed by atoms with Crippen LogP contribution in [0.1, 0.15) is 20.8 Å². The summed E-state index contributed by atoms with van der Waals surface area (Å²) in [6, 6.07) is 0. The number of ether oxygens (including phenoxy) is 1. The van der Waals surface area contributed by atoms with Crippen LogP contribution in [0.2, 0.25) is 0 Å². The van der Waals surface area contributed by atoms with E-state index in [1.54, 1.807) is 0 Å². The Balaban J connectivity index is -0.000000402. The number of aliphatic hydroxyl groups is 6. The zero-order valence-corrected chi connectivity index (χ0v) is 15.9. The molecule has 0 bridgehead atoms. The van der Waals surface area contributed by atoms with Crippen LogP contribution in [-0.4, -0.2) is 83.2 Å². The van der Waals surface area contributed by atoms with E-state index >= 15 is 0 Å². The summed E-state index contributed by atoms with van der Waals surface area (Å²) in [4.78, 5) is 20.8. The number of thiocarbonyl (C=S) groups is 1. The largest absolute Gasteiger partial charge is 0.456 e. The molecular formula is C12H24O9S3. The lowest BCUT2D eigenvalue weighted by molar-refractivity contribution is -0.171. The Bertz CT molecular complexity index is 363. The third kappa shape index (κ3) is 23.9. The Kier molecular flexibility index (Phi) is 17.8. The minimum atomic E-state index is -1.76. The number of carbonyl (C=O) groups is 2. The van der Waals surface area contributed by atoms with Crippen molar-refractivity contribution in [1.29, 1.82) is 0 Å². The van der Waals surface area contributed by atoms with Crippen LogP contribution >= 0.6 is 37.5 Å². The van der Waals surface area contributed by atoms with E-state index in [-0.39, 0.29) is 6.29 Å². The summed E-state index contributed by atoms with van der Waals surface area (Å²) in [5, 5.41) is 52.1. The highest BCUT2D eigenvalue weighted by Crippen LogP contribution is 2.08. The molecule has 0 aliphatic heterocycles. The van der Waals surface area contributed by atoms with Crippen LogP contribution in [0.15, 0.2) is 0 Å². The van der Waals surface area contributed by atoms with Crippen molar-refractivity contribution < 1.29 is 45.0 Å². The Morgan fingerprint density at radius 2 is 1.58 bits per heavy atom. The molecule has 0 radical (unpaired) electrons. The Hall–Kier alpha value is -0.310. The van der Waals surface area contributed by atoms with Crippen molar-refractivity contribution in [2.24, 2.45) is 0 Å². The second-order valence-electron chi connectivity index (χ2n) is 4.72. The van der Waals surface area contributed by atoms with Crippen LogP contribution in [0.4, 0.5) is 0 Å². The summed E-state index contributed by atoms with van der Waals surface area (Å²) < 4.78 is 4.84. The van der Waals surface area contributed by atoms with Crippen molar-refractivity contribution in [3.05, 3.63) is 0 Å². The maximum atomic E-state index is 10.6. The molecule has 12 heteroatoms. The molecule has 144 valence electrons. The maximum absolute atomic E-state index is 10.6. The molecule has 0 aliphatic carbocycles. The van der Waals surface area contributed by atoms with Crippen molar-refractivity contribution in [3.63, 3.8) is 0 Å². The maximum Gasteiger partial charge on any atom is 0.303 e. The number of hydrogen-bond acceptors (Lipinski definition) is 10. The van der Waals surface area contributed by atoms with Crippen molar-refractivity contribution in [3.8, 4) is 0 Å². The first-order valence-corrected chi connectivity index (χ1v) is 7.61. The quantitative estimate of drug-likeness (QED) is 0.0812. The molecule has 0 fully saturated rings. The van der Waals surface area contributed by atoms with Gasteiger partial charge in [-0.15, -0.1) is 25.3 Å². The molecule has 0 spiro atoms. The average molecular weight is 409 g/mol. The molecule has 9 nitrogen and oxygen atoms in total. The summed E-state index contributed by atoms with van der Waals surface area (Å²) in [5.74, 6) is -2.33. The molecule has 0 aromatic rings. The number of thiol groups is 2. The van der Waals surface area contributed by atoms with Crippen molar-refractivity contribution in [1.82, 2.24) is 0 Å². The van der Waals surface area contributed by atoms with Crippen LogP contribution in [0.3, 0.4) is 0 Å². The average Bonchev–Trinajstić information content (AvgIpc) is 2.39. The van der Waals surface area contributed by atoms with E-state index in [0.717, 1.165) is 6.92 Å². The highest BCUT2D eigenvalue weighted by molar-refractivity contribution is 8.34. The summed E-state index contributed by atoms with van der Waals surface area (Å²) in [5.41, 5.74) is 0. The van der Waals surface area contributed by atoms with Crippen molar-refractivity contribution >= 4 is 53.3 Å². The fourth-order valence-corrected chi connectivity index (χ4v) is 0.937. The minimum absolute atomic E-state index is 0.0565. The van der Waals surface area contributed by atoms with E-state index in [9.17, 15) is 14.7 Å². The van der Waals surface area contributed by atoms with Gasteiger partial charge in [0.2, 0.25) is 0 Å². The number of esters is 1. The van der Waals surface area contributed by atoms with Gasteiger partial charge in [0.25, 0.3) is 0 Å². The Labute approximate surface area is 156 Å². The van der Waals surface area contributed by atoms with Gasteiger partial charge in [-0.2, -0.15) is 0 Å². The van der Waals surface area contributed by atoms with Gasteiger partial charge in [-0.1, -0.05) is 12.2 Å². The van der Waals surface area contributed by atoms with Gasteiger partial charge >= 0.3 is 5.97 Å². The van der Waals surface area contributed by atoms with Gasteiger partial charge in [0, 0.05) is 6.92 Å². The Morgan fingerprint density at radius 3 is 1.79 bits per heavy atom. The van der Waals surface area contributed by atoms with Gasteiger partial charge in [-0.05, 0) is 13.8 Å². The molecule has 6 N–H and O–H groups in total. The third-order valence-electron chi connectivity index (χ3n) is 1.70.